The van der Waals surface area contributed by atoms with E-state index >= 15 is 0 Å². The molecule has 0 radical (unpaired) electrons. The Labute approximate surface area is 72.2 Å². The van der Waals surface area contributed by atoms with E-state index in [1.807, 2.05) is 0 Å². The predicted octanol–water partition coefficient (Wildman–Crippen LogP) is 2.04. The summed E-state index contributed by atoms with van der Waals surface area (Å²) in [4.78, 5) is 3.68. The molecule has 0 aliphatic rings. The van der Waals surface area contributed by atoms with Gasteiger partial charge in [-0.1, -0.05) is 0 Å². The molecule has 0 saturated heterocycles. The predicted molar refractivity (Wildman–Crippen MR) is 42.5 cm³/mol. The van der Waals surface area contributed by atoms with E-state index in [4.69, 9.17) is 5.11 Å². The molecule has 0 spiro atoms. The van der Waals surface area contributed by atoms with Gasteiger partial charge in [0.25, 0.3) is 0 Å². The molecule has 11 heavy (non-hydrogen) atoms. The number of halogens is 2. The minimum Gasteiger partial charge on any atom is -0.389 e. The summed E-state index contributed by atoms with van der Waals surface area (Å²) in [5.41, 5.74) is 0.463. The van der Waals surface area contributed by atoms with Crippen molar-refractivity contribution >= 4 is 15.9 Å². The van der Waals surface area contributed by atoms with Crippen LogP contribution in [0.1, 0.15) is 18.6 Å². The van der Waals surface area contributed by atoms with Crippen LogP contribution >= 0.6 is 15.9 Å². The molecule has 1 rings (SSSR count). The van der Waals surface area contributed by atoms with Crippen molar-refractivity contribution in [3.63, 3.8) is 0 Å². The zero-order valence-electron chi connectivity index (χ0n) is 5.88. The average Bonchev–Trinajstić information content (AvgIpc) is 1.94. The minimum absolute atomic E-state index is 0.441. The molecule has 0 aromatic carbocycles. The van der Waals surface area contributed by atoms with Gasteiger partial charge in [-0.3, -0.25) is 0 Å². The second kappa shape index (κ2) is 3.28. The van der Waals surface area contributed by atoms with Gasteiger partial charge in [0.15, 0.2) is 0 Å². The van der Waals surface area contributed by atoms with Crippen LogP contribution in [0, 0.1) is 5.82 Å². The van der Waals surface area contributed by atoms with E-state index in [2.05, 4.69) is 20.9 Å². The summed E-state index contributed by atoms with van der Waals surface area (Å²) in [6, 6.07) is 1.25. The lowest BCUT2D eigenvalue weighted by atomic mass is 10.2. The van der Waals surface area contributed by atoms with Gasteiger partial charge in [-0.2, -0.15) is 0 Å². The highest BCUT2D eigenvalue weighted by molar-refractivity contribution is 9.10. The number of hydrogen-bond acceptors (Lipinski definition) is 2. The molecule has 1 heterocycles. The van der Waals surface area contributed by atoms with E-state index in [1.54, 1.807) is 6.92 Å². The third-order valence-corrected chi connectivity index (χ3v) is 1.95. The fraction of sp³-hybridized carbons (Fsp3) is 0.286. The van der Waals surface area contributed by atoms with Crippen molar-refractivity contribution in [2.75, 3.05) is 0 Å². The van der Waals surface area contributed by atoms with Gasteiger partial charge < -0.3 is 5.11 Å². The number of rotatable bonds is 1. The Morgan fingerprint density at radius 3 is 2.82 bits per heavy atom. The van der Waals surface area contributed by atoms with Crippen molar-refractivity contribution in [1.29, 1.82) is 0 Å². The highest BCUT2D eigenvalue weighted by Crippen LogP contribution is 2.21. The Hall–Kier alpha value is -0.480. The Kier molecular flexibility index (Phi) is 2.57. The molecule has 0 fully saturated rings. The maximum absolute atomic E-state index is 12.5. The van der Waals surface area contributed by atoms with E-state index in [0.717, 1.165) is 6.20 Å². The maximum Gasteiger partial charge on any atom is 0.141 e. The first-order valence-corrected chi connectivity index (χ1v) is 3.89. The molecule has 60 valence electrons. The summed E-state index contributed by atoms with van der Waals surface area (Å²) in [6.45, 7) is 1.56. The molecule has 0 bridgehead atoms. The second-order valence-corrected chi connectivity index (χ2v) is 2.96. The van der Waals surface area contributed by atoms with Gasteiger partial charge in [-0.05, 0) is 28.9 Å². The van der Waals surface area contributed by atoms with E-state index in [9.17, 15) is 4.39 Å². The number of pyridine rings is 1. The average molecular weight is 220 g/mol. The monoisotopic (exact) mass is 219 g/mol. The molecule has 0 aliphatic heterocycles. The summed E-state index contributed by atoms with van der Waals surface area (Å²) in [7, 11) is 0. The van der Waals surface area contributed by atoms with Crippen LogP contribution in [0.2, 0.25) is 0 Å². The Bertz CT molecular complexity index is 265. The fourth-order valence-corrected chi connectivity index (χ4v) is 1.28. The first-order valence-electron chi connectivity index (χ1n) is 3.10. The Balaban J connectivity index is 3.13. The number of aliphatic hydroxyl groups excluding tert-OH is 1. The quantitative estimate of drug-likeness (QED) is 0.734. The molecule has 1 N–H and O–H groups in total. The standard InChI is InChI=1S/C7H7BrFNO/c1-4(11)6-2-5(9)3-10-7(6)8/h2-4,11H,1H3. The number of aliphatic hydroxyl groups is 1. The normalized spacial score (nSPS) is 13.1. The first kappa shape index (κ1) is 8.62. The molecule has 4 heteroatoms. The third-order valence-electron chi connectivity index (χ3n) is 1.28. The van der Waals surface area contributed by atoms with Crippen LogP contribution in [0.4, 0.5) is 4.39 Å². The van der Waals surface area contributed by atoms with Crippen LogP contribution in [0.25, 0.3) is 0 Å². The van der Waals surface area contributed by atoms with E-state index < -0.39 is 11.9 Å². The highest BCUT2D eigenvalue weighted by atomic mass is 79.9. The molecule has 1 unspecified atom stereocenters. The smallest absolute Gasteiger partial charge is 0.141 e. The van der Waals surface area contributed by atoms with Crippen LogP contribution in [-0.2, 0) is 0 Å². The van der Waals surface area contributed by atoms with Gasteiger partial charge in [-0.25, -0.2) is 9.37 Å². The molecule has 1 aromatic rings. The van der Waals surface area contributed by atoms with Crippen LogP contribution in [-0.4, -0.2) is 10.1 Å². The topological polar surface area (TPSA) is 33.1 Å². The lowest BCUT2D eigenvalue weighted by molar-refractivity contribution is 0.197. The van der Waals surface area contributed by atoms with Crippen molar-refractivity contribution in [2.45, 2.75) is 13.0 Å². The van der Waals surface area contributed by atoms with Crippen molar-refractivity contribution in [3.8, 4) is 0 Å². The van der Waals surface area contributed by atoms with Gasteiger partial charge in [0, 0.05) is 5.56 Å². The second-order valence-electron chi connectivity index (χ2n) is 2.21. The molecule has 0 amide bonds. The van der Waals surface area contributed by atoms with E-state index in [1.165, 1.54) is 6.07 Å². The van der Waals surface area contributed by atoms with Gasteiger partial charge in [0.2, 0.25) is 0 Å². The summed E-state index contributed by atoms with van der Waals surface area (Å²) in [5, 5.41) is 9.09. The Morgan fingerprint density at radius 1 is 1.73 bits per heavy atom. The van der Waals surface area contributed by atoms with Crippen molar-refractivity contribution in [3.05, 3.63) is 28.2 Å². The number of aromatic nitrogens is 1. The molecule has 0 saturated carbocycles. The number of nitrogens with zero attached hydrogens (tertiary/aromatic N) is 1. The number of hydrogen-bond donors (Lipinski definition) is 1. The first-order chi connectivity index (χ1) is 5.11. The molecule has 2 nitrogen and oxygen atoms in total. The van der Waals surface area contributed by atoms with Gasteiger partial charge in [-0.15, -0.1) is 0 Å². The zero-order valence-corrected chi connectivity index (χ0v) is 7.47. The zero-order chi connectivity index (χ0) is 8.43. The van der Waals surface area contributed by atoms with Gasteiger partial charge in [0.1, 0.15) is 10.4 Å². The highest BCUT2D eigenvalue weighted by Gasteiger charge is 2.07. The van der Waals surface area contributed by atoms with Crippen LogP contribution in [0.5, 0.6) is 0 Å². The van der Waals surface area contributed by atoms with Gasteiger partial charge >= 0.3 is 0 Å². The lowest BCUT2D eigenvalue weighted by Gasteiger charge is -2.05. The molecular formula is C7H7BrFNO. The SMILES string of the molecule is CC(O)c1cc(F)cnc1Br. The van der Waals surface area contributed by atoms with Crippen molar-refractivity contribution in [1.82, 2.24) is 4.98 Å². The molecule has 0 aliphatic carbocycles. The summed E-state index contributed by atoms with van der Waals surface area (Å²) >= 11 is 3.09. The van der Waals surface area contributed by atoms with E-state index in [0.29, 0.717) is 10.2 Å². The minimum atomic E-state index is -0.701. The van der Waals surface area contributed by atoms with Crippen LogP contribution in [0.15, 0.2) is 16.9 Å². The largest absolute Gasteiger partial charge is 0.389 e. The van der Waals surface area contributed by atoms with Crippen molar-refractivity contribution < 1.29 is 9.50 Å². The van der Waals surface area contributed by atoms with Crippen molar-refractivity contribution in [2.24, 2.45) is 0 Å². The lowest BCUT2D eigenvalue weighted by Crippen LogP contribution is -1.95. The molecule has 1 aromatic heterocycles. The van der Waals surface area contributed by atoms with Crippen LogP contribution < -0.4 is 0 Å². The Morgan fingerprint density at radius 2 is 2.36 bits per heavy atom. The molecule has 1 atom stereocenters. The van der Waals surface area contributed by atoms with Gasteiger partial charge in [0.05, 0.1) is 12.3 Å². The van der Waals surface area contributed by atoms with Crippen LogP contribution in [0.3, 0.4) is 0 Å². The van der Waals surface area contributed by atoms with E-state index in [-0.39, 0.29) is 0 Å². The summed E-state index contributed by atoms with van der Waals surface area (Å²) < 4.78 is 13.0. The maximum atomic E-state index is 12.5. The summed E-state index contributed by atoms with van der Waals surface area (Å²) in [6.07, 6.45) is 0.392. The third kappa shape index (κ3) is 1.97. The summed E-state index contributed by atoms with van der Waals surface area (Å²) in [5.74, 6) is -0.441. The fourth-order valence-electron chi connectivity index (χ4n) is 0.731. The molecular weight excluding hydrogens is 213 g/mol.